The normalized spacial score (nSPS) is 11.8. The minimum Gasteiger partial charge on any atom is -0.444 e. The first-order valence-corrected chi connectivity index (χ1v) is 14.0. The van der Waals surface area contributed by atoms with Gasteiger partial charge in [0.05, 0.1) is 26.1 Å². The molecule has 44 heavy (non-hydrogen) atoms. The number of imidazole rings is 1. The average molecular weight is 605 g/mol. The van der Waals surface area contributed by atoms with E-state index < -0.39 is 28.9 Å². The van der Waals surface area contributed by atoms with E-state index in [1.54, 1.807) is 43.9 Å². The number of carbonyl (C=O) groups is 4. The molecule has 0 saturated heterocycles. The van der Waals surface area contributed by atoms with Crippen molar-refractivity contribution < 1.29 is 28.7 Å². The summed E-state index contributed by atoms with van der Waals surface area (Å²) < 4.78 is 12.8. The van der Waals surface area contributed by atoms with Gasteiger partial charge in [-0.15, -0.1) is 0 Å². The van der Waals surface area contributed by atoms with Crippen molar-refractivity contribution in [2.45, 2.75) is 58.9 Å². The zero-order valence-corrected chi connectivity index (χ0v) is 25.9. The molecule has 0 fully saturated rings. The lowest BCUT2D eigenvalue weighted by atomic mass is 9.97. The van der Waals surface area contributed by atoms with Crippen LogP contribution in [-0.2, 0) is 32.2 Å². The molecule has 0 atom stereocenters. The number of nitrogens with one attached hydrogen (secondary N) is 4. The molecular formula is C32H40N6O6. The van der Waals surface area contributed by atoms with E-state index in [4.69, 9.17) is 9.47 Å². The summed E-state index contributed by atoms with van der Waals surface area (Å²) in [6.45, 7) is 8.62. The minimum absolute atomic E-state index is 0.0414. The van der Waals surface area contributed by atoms with Crippen molar-refractivity contribution >= 4 is 35.3 Å². The zero-order chi connectivity index (χ0) is 32.3. The van der Waals surface area contributed by atoms with Crippen LogP contribution in [0.1, 0.15) is 45.7 Å². The first-order chi connectivity index (χ1) is 20.8. The maximum Gasteiger partial charge on any atom is 0.408 e. The second-order valence-corrected chi connectivity index (χ2v) is 11.5. The molecular weight excluding hydrogens is 564 g/mol. The second-order valence-electron chi connectivity index (χ2n) is 11.5. The van der Waals surface area contributed by atoms with Crippen molar-refractivity contribution in [3.05, 3.63) is 89.9 Å². The Hall–Kier alpha value is -4.97. The number of benzene rings is 2. The van der Waals surface area contributed by atoms with Crippen LogP contribution < -0.4 is 21.3 Å². The summed E-state index contributed by atoms with van der Waals surface area (Å²) in [6.07, 6.45) is 3.58. The molecule has 0 saturated carbocycles. The van der Waals surface area contributed by atoms with Crippen LogP contribution in [0.2, 0.25) is 0 Å². The number of urea groups is 1. The maximum atomic E-state index is 13.4. The van der Waals surface area contributed by atoms with E-state index in [9.17, 15) is 19.2 Å². The molecule has 0 aliphatic carbocycles. The SMILES string of the molecule is CNC(=O)Nc1ccccc1Cn1cnc(NC(=O)/C(=C\C(=O)C(C)(C)NC(=O)OC(C)(C)C)COCc2ccccc2)c1. The Balaban J connectivity index is 1.76. The Morgan fingerprint density at radius 1 is 0.932 bits per heavy atom. The van der Waals surface area contributed by atoms with Gasteiger partial charge >= 0.3 is 12.1 Å². The van der Waals surface area contributed by atoms with E-state index in [1.807, 2.05) is 48.5 Å². The van der Waals surface area contributed by atoms with Crippen molar-refractivity contribution in [1.82, 2.24) is 20.2 Å². The molecule has 0 aliphatic heterocycles. The van der Waals surface area contributed by atoms with E-state index in [2.05, 4.69) is 26.3 Å². The van der Waals surface area contributed by atoms with Gasteiger partial charge in [0.2, 0.25) is 0 Å². The highest BCUT2D eigenvalue weighted by Gasteiger charge is 2.31. The molecule has 12 heteroatoms. The number of para-hydroxylation sites is 1. The quantitative estimate of drug-likeness (QED) is 0.220. The monoisotopic (exact) mass is 604 g/mol. The molecule has 1 aromatic heterocycles. The lowest BCUT2D eigenvalue weighted by molar-refractivity contribution is -0.120. The number of carbonyl (C=O) groups excluding carboxylic acids is 4. The van der Waals surface area contributed by atoms with Crippen molar-refractivity contribution in [2.24, 2.45) is 0 Å². The number of nitrogens with zero attached hydrogens (tertiary/aromatic N) is 2. The third-order valence-corrected chi connectivity index (χ3v) is 6.12. The highest BCUT2D eigenvalue weighted by molar-refractivity contribution is 6.10. The van der Waals surface area contributed by atoms with Gasteiger partial charge in [-0.05, 0) is 57.9 Å². The van der Waals surface area contributed by atoms with Gasteiger partial charge in [0, 0.05) is 24.5 Å². The predicted molar refractivity (Wildman–Crippen MR) is 167 cm³/mol. The standard InChI is InChI=1S/C32H40N6O6/c1-31(2,3)44-30(42)37-32(4,5)26(39)16-24(20-43-19-22-12-8-7-9-13-22)28(40)36-27-18-38(21-34-27)17-23-14-10-11-15-25(23)35-29(41)33-6/h7-16,18,21H,17,19-20H2,1-6H3,(H,36,40)(H,37,42)(H2,33,35,41)/b24-16-. The summed E-state index contributed by atoms with van der Waals surface area (Å²) in [4.78, 5) is 55.1. The van der Waals surface area contributed by atoms with Crippen molar-refractivity contribution in [3.63, 3.8) is 0 Å². The van der Waals surface area contributed by atoms with Crippen LogP contribution in [0, 0.1) is 0 Å². The van der Waals surface area contributed by atoms with Crippen LogP contribution in [0.4, 0.5) is 21.1 Å². The summed E-state index contributed by atoms with van der Waals surface area (Å²) in [5, 5.41) is 10.6. The summed E-state index contributed by atoms with van der Waals surface area (Å²) in [5.41, 5.74) is 0.279. The van der Waals surface area contributed by atoms with Crippen LogP contribution in [0.15, 0.2) is 78.8 Å². The second kappa shape index (κ2) is 15.0. The Kier molecular flexibility index (Phi) is 11.4. The van der Waals surface area contributed by atoms with Crippen molar-refractivity contribution in [2.75, 3.05) is 24.3 Å². The third-order valence-electron chi connectivity index (χ3n) is 6.12. The molecule has 4 amide bonds. The lowest BCUT2D eigenvalue weighted by Gasteiger charge is -2.27. The molecule has 2 aromatic carbocycles. The van der Waals surface area contributed by atoms with E-state index in [1.165, 1.54) is 20.9 Å². The molecule has 4 N–H and O–H groups in total. The number of ether oxygens (including phenoxy) is 2. The average Bonchev–Trinajstić information content (AvgIpc) is 3.39. The summed E-state index contributed by atoms with van der Waals surface area (Å²) in [7, 11) is 1.53. The Morgan fingerprint density at radius 2 is 1.61 bits per heavy atom. The first kappa shape index (κ1) is 33.5. The van der Waals surface area contributed by atoms with E-state index in [-0.39, 0.29) is 30.6 Å². The molecule has 0 unspecified atom stereocenters. The Labute approximate surface area is 257 Å². The number of hydrogen-bond donors (Lipinski definition) is 4. The van der Waals surface area contributed by atoms with Crippen LogP contribution >= 0.6 is 0 Å². The maximum absolute atomic E-state index is 13.4. The smallest absolute Gasteiger partial charge is 0.408 e. The molecule has 0 bridgehead atoms. The van der Waals surface area contributed by atoms with Gasteiger partial charge in [0.1, 0.15) is 11.1 Å². The minimum atomic E-state index is -1.37. The molecule has 12 nitrogen and oxygen atoms in total. The summed E-state index contributed by atoms with van der Waals surface area (Å²) in [5.74, 6) is -0.867. The van der Waals surface area contributed by atoms with Gasteiger partial charge in [-0.1, -0.05) is 48.5 Å². The number of alkyl carbamates (subject to hydrolysis) is 1. The molecule has 3 rings (SSSR count). The van der Waals surface area contributed by atoms with Crippen LogP contribution in [0.3, 0.4) is 0 Å². The van der Waals surface area contributed by atoms with Gasteiger partial charge in [-0.3, -0.25) is 9.59 Å². The van der Waals surface area contributed by atoms with Crippen molar-refractivity contribution in [1.29, 1.82) is 0 Å². The van der Waals surface area contributed by atoms with Gasteiger partial charge in [-0.25, -0.2) is 14.6 Å². The number of hydrogen-bond acceptors (Lipinski definition) is 7. The highest BCUT2D eigenvalue weighted by Crippen LogP contribution is 2.18. The van der Waals surface area contributed by atoms with Crippen LogP contribution in [0.5, 0.6) is 0 Å². The summed E-state index contributed by atoms with van der Waals surface area (Å²) in [6, 6.07) is 16.4. The molecule has 234 valence electrons. The molecule has 0 radical (unpaired) electrons. The van der Waals surface area contributed by atoms with E-state index in [0.717, 1.165) is 17.2 Å². The van der Waals surface area contributed by atoms with Crippen molar-refractivity contribution in [3.8, 4) is 0 Å². The zero-order valence-electron chi connectivity index (χ0n) is 25.9. The number of ketones is 1. The number of rotatable bonds is 12. The first-order valence-electron chi connectivity index (χ1n) is 14.0. The molecule has 3 aromatic rings. The number of anilines is 2. The van der Waals surface area contributed by atoms with E-state index in [0.29, 0.717) is 12.2 Å². The van der Waals surface area contributed by atoms with Gasteiger partial charge in [0.15, 0.2) is 11.6 Å². The van der Waals surface area contributed by atoms with Crippen LogP contribution in [0.25, 0.3) is 0 Å². The Bertz CT molecular complexity index is 1490. The fraction of sp³-hybridized carbons (Fsp3) is 0.344. The highest BCUT2D eigenvalue weighted by atomic mass is 16.6. The summed E-state index contributed by atoms with van der Waals surface area (Å²) >= 11 is 0. The number of amides is 4. The van der Waals surface area contributed by atoms with Gasteiger partial charge in [-0.2, -0.15) is 0 Å². The van der Waals surface area contributed by atoms with Crippen LogP contribution in [-0.4, -0.2) is 58.2 Å². The fourth-order valence-corrected chi connectivity index (χ4v) is 3.85. The van der Waals surface area contributed by atoms with E-state index >= 15 is 0 Å². The third kappa shape index (κ3) is 10.7. The van der Waals surface area contributed by atoms with Gasteiger partial charge in [0.25, 0.3) is 5.91 Å². The molecule has 0 spiro atoms. The lowest BCUT2D eigenvalue weighted by Crippen LogP contribution is -2.50. The Morgan fingerprint density at radius 3 is 2.30 bits per heavy atom. The fourth-order valence-electron chi connectivity index (χ4n) is 3.85. The largest absolute Gasteiger partial charge is 0.444 e. The topological polar surface area (TPSA) is 153 Å². The molecule has 0 aliphatic rings. The predicted octanol–water partition coefficient (Wildman–Crippen LogP) is 4.64. The van der Waals surface area contributed by atoms with Gasteiger partial charge < -0.3 is 35.3 Å². The molecule has 1 heterocycles. The number of aromatic nitrogens is 2.